The second kappa shape index (κ2) is 8.15. The van der Waals surface area contributed by atoms with Crippen molar-refractivity contribution < 1.29 is 5.11 Å². The smallest absolute Gasteiger partial charge is 0.230 e. The van der Waals surface area contributed by atoms with Gasteiger partial charge in [-0.1, -0.05) is 6.07 Å². The van der Waals surface area contributed by atoms with Gasteiger partial charge in [-0.25, -0.2) is 0 Å². The summed E-state index contributed by atoms with van der Waals surface area (Å²) in [4.78, 5) is 18.0. The zero-order chi connectivity index (χ0) is 18.6. The fourth-order valence-corrected chi connectivity index (χ4v) is 3.44. The van der Waals surface area contributed by atoms with Gasteiger partial charge in [-0.15, -0.1) is 0 Å². The molecular formula is C17H21BrN8O. The molecule has 1 saturated heterocycles. The Balaban J connectivity index is 1.57. The van der Waals surface area contributed by atoms with E-state index in [-0.39, 0.29) is 6.61 Å². The SMILES string of the molecule is OCCN1CCN(c2nc(NCc3cccnc3)n3ncc(Br)c3n2)CC1. The summed E-state index contributed by atoms with van der Waals surface area (Å²) >= 11 is 3.52. The maximum absolute atomic E-state index is 9.11. The number of nitrogens with one attached hydrogen (secondary N) is 1. The molecule has 0 spiro atoms. The number of piperazine rings is 1. The van der Waals surface area contributed by atoms with Crippen molar-refractivity contribution in [2.45, 2.75) is 6.54 Å². The average molecular weight is 433 g/mol. The number of fused-ring (bicyclic) bond motifs is 1. The summed E-state index contributed by atoms with van der Waals surface area (Å²) < 4.78 is 2.53. The van der Waals surface area contributed by atoms with Crippen molar-refractivity contribution in [3.05, 3.63) is 40.8 Å². The van der Waals surface area contributed by atoms with Gasteiger partial charge in [0.2, 0.25) is 11.9 Å². The lowest BCUT2D eigenvalue weighted by Gasteiger charge is -2.34. The summed E-state index contributed by atoms with van der Waals surface area (Å²) in [5, 5.41) is 16.8. The number of hydrogen-bond donors (Lipinski definition) is 2. The summed E-state index contributed by atoms with van der Waals surface area (Å²) in [5.41, 5.74) is 1.79. The van der Waals surface area contributed by atoms with Crippen molar-refractivity contribution in [2.24, 2.45) is 0 Å². The molecule has 0 atom stereocenters. The van der Waals surface area contributed by atoms with E-state index in [4.69, 9.17) is 15.1 Å². The van der Waals surface area contributed by atoms with Gasteiger partial charge in [0.1, 0.15) is 0 Å². The molecule has 2 N–H and O–H groups in total. The van der Waals surface area contributed by atoms with E-state index < -0.39 is 0 Å². The Kier molecular flexibility index (Phi) is 5.46. The van der Waals surface area contributed by atoms with Crippen LogP contribution < -0.4 is 10.2 Å². The van der Waals surface area contributed by atoms with Crippen molar-refractivity contribution in [1.29, 1.82) is 0 Å². The van der Waals surface area contributed by atoms with Gasteiger partial charge in [-0.2, -0.15) is 19.6 Å². The first-order valence-corrected chi connectivity index (χ1v) is 9.66. The highest BCUT2D eigenvalue weighted by Crippen LogP contribution is 2.22. The molecule has 0 unspecified atom stereocenters. The third-order valence-corrected chi connectivity index (χ3v) is 5.12. The maximum Gasteiger partial charge on any atom is 0.230 e. The highest BCUT2D eigenvalue weighted by atomic mass is 79.9. The van der Waals surface area contributed by atoms with Crippen LogP contribution in [0.3, 0.4) is 0 Å². The van der Waals surface area contributed by atoms with E-state index in [2.05, 4.69) is 41.1 Å². The monoisotopic (exact) mass is 432 g/mol. The van der Waals surface area contributed by atoms with Crippen molar-refractivity contribution in [3.63, 3.8) is 0 Å². The molecule has 10 heteroatoms. The molecule has 0 amide bonds. The molecule has 3 aromatic heterocycles. The first-order valence-electron chi connectivity index (χ1n) is 8.87. The second-order valence-electron chi connectivity index (χ2n) is 6.34. The highest BCUT2D eigenvalue weighted by Gasteiger charge is 2.21. The van der Waals surface area contributed by atoms with Gasteiger partial charge in [0.25, 0.3) is 0 Å². The molecule has 4 rings (SSSR count). The Labute approximate surface area is 165 Å². The molecule has 0 radical (unpaired) electrons. The number of β-amino-alcohol motifs (C(OH)–C–C–N with tert-alkyl or cyclic N) is 1. The van der Waals surface area contributed by atoms with Crippen molar-refractivity contribution >= 4 is 33.5 Å². The van der Waals surface area contributed by atoms with Gasteiger partial charge < -0.3 is 15.3 Å². The lowest BCUT2D eigenvalue weighted by Crippen LogP contribution is -2.47. The highest BCUT2D eigenvalue weighted by molar-refractivity contribution is 9.10. The summed E-state index contributed by atoms with van der Waals surface area (Å²) in [7, 11) is 0. The number of aliphatic hydroxyl groups is 1. The maximum atomic E-state index is 9.11. The van der Waals surface area contributed by atoms with Gasteiger partial charge in [-0.3, -0.25) is 9.88 Å². The Morgan fingerprint density at radius 3 is 2.74 bits per heavy atom. The third-order valence-electron chi connectivity index (χ3n) is 4.56. The molecule has 0 aromatic carbocycles. The Bertz CT molecular complexity index is 895. The Morgan fingerprint density at radius 2 is 2.00 bits per heavy atom. The number of anilines is 2. The van der Waals surface area contributed by atoms with E-state index in [0.29, 0.717) is 25.0 Å². The zero-order valence-electron chi connectivity index (χ0n) is 14.8. The van der Waals surface area contributed by atoms with E-state index in [1.165, 1.54) is 0 Å². The van der Waals surface area contributed by atoms with Crippen LogP contribution in [0.15, 0.2) is 35.2 Å². The molecule has 0 saturated carbocycles. The summed E-state index contributed by atoms with van der Waals surface area (Å²) in [6, 6.07) is 3.92. The molecular weight excluding hydrogens is 412 g/mol. The molecule has 3 aromatic rings. The predicted molar refractivity (Wildman–Crippen MR) is 106 cm³/mol. The summed E-state index contributed by atoms with van der Waals surface area (Å²) in [6.07, 6.45) is 5.31. The van der Waals surface area contributed by atoms with Crippen LogP contribution >= 0.6 is 15.9 Å². The summed E-state index contributed by atoms with van der Waals surface area (Å²) in [5.74, 6) is 1.32. The standard InChI is InChI=1S/C17H21BrN8O/c18-14-12-21-26-15(14)22-17(25-6-4-24(5-7-25)8-9-27)23-16(26)20-11-13-2-1-3-19-10-13/h1-3,10,12,27H,4-9,11H2,(H,20,22,23). The number of pyridine rings is 1. The molecule has 27 heavy (non-hydrogen) atoms. The Morgan fingerprint density at radius 1 is 1.15 bits per heavy atom. The first kappa shape index (κ1) is 18.1. The van der Waals surface area contributed by atoms with Gasteiger partial charge in [0, 0.05) is 51.7 Å². The number of nitrogens with zero attached hydrogens (tertiary/aromatic N) is 7. The zero-order valence-corrected chi connectivity index (χ0v) is 16.4. The van der Waals surface area contributed by atoms with Gasteiger partial charge in [0.05, 0.1) is 17.3 Å². The molecule has 1 aliphatic rings. The van der Waals surface area contributed by atoms with Crippen LogP contribution in [-0.4, -0.2) is 73.9 Å². The summed E-state index contributed by atoms with van der Waals surface area (Å²) in [6.45, 7) is 4.91. The Hall–Kier alpha value is -2.30. The van der Waals surface area contributed by atoms with Crippen LogP contribution in [0.1, 0.15) is 5.56 Å². The van der Waals surface area contributed by atoms with Crippen molar-refractivity contribution in [1.82, 2.24) is 29.5 Å². The number of aliphatic hydroxyl groups excluding tert-OH is 1. The minimum Gasteiger partial charge on any atom is -0.395 e. The third kappa shape index (κ3) is 4.02. The number of hydrogen-bond acceptors (Lipinski definition) is 8. The van der Waals surface area contributed by atoms with Gasteiger partial charge in [-0.05, 0) is 27.6 Å². The minimum absolute atomic E-state index is 0.188. The quantitative estimate of drug-likeness (QED) is 0.595. The van der Waals surface area contributed by atoms with E-state index in [1.54, 1.807) is 16.9 Å². The average Bonchev–Trinajstić information content (AvgIpc) is 3.09. The van der Waals surface area contributed by atoms with Crippen molar-refractivity contribution in [3.8, 4) is 0 Å². The number of rotatable bonds is 6. The fraction of sp³-hybridized carbons (Fsp3) is 0.412. The van der Waals surface area contributed by atoms with E-state index in [0.717, 1.165) is 41.9 Å². The number of aromatic nitrogens is 5. The molecule has 142 valence electrons. The van der Waals surface area contributed by atoms with Crippen LogP contribution in [-0.2, 0) is 6.54 Å². The van der Waals surface area contributed by atoms with Crippen LogP contribution in [0.4, 0.5) is 11.9 Å². The van der Waals surface area contributed by atoms with Crippen LogP contribution in [0, 0.1) is 0 Å². The molecule has 0 bridgehead atoms. The van der Waals surface area contributed by atoms with Crippen LogP contribution in [0.2, 0.25) is 0 Å². The minimum atomic E-state index is 0.188. The van der Waals surface area contributed by atoms with Gasteiger partial charge in [0.15, 0.2) is 5.65 Å². The lowest BCUT2D eigenvalue weighted by atomic mass is 10.3. The molecule has 4 heterocycles. The molecule has 0 aliphatic carbocycles. The van der Waals surface area contributed by atoms with E-state index in [9.17, 15) is 0 Å². The normalized spacial score (nSPS) is 15.4. The lowest BCUT2D eigenvalue weighted by molar-refractivity contribution is 0.188. The largest absolute Gasteiger partial charge is 0.395 e. The number of halogens is 1. The topological polar surface area (TPSA) is 94.7 Å². The molecule has 1 aliphatic heterocycles. The fourth-order valence-electron chi connectivity index (χ4n) is 3.09. The molecule has 9 nitrogen and oxygen atoms in total. The predicted octanol–water partition coefficient (Wildman–Crippen LogP) is 1.01. The van der Waals surface area contributed by atoms with Crippen molar-refractivity contribution in [2.75, 3.05) is 49.5 Å². The van der Waals surface area contributed by atoms with E-state index >= 15 is 0 Å². The van der Waals surface area contributed by atoms with Crippen LogP contribution in [0.5, 0.6) is 0 Å². The first-order chi connectivity index (χ1) is 13.2. The van der Waals surface area contributed by atoms with Crippen LogP contribution in [0.25, 0.3) is 5.65 Å². The van der Waals surface area contributed by atoms with E-state index in [1.807, 2.05) is 18.3 Å². The van der Waals surface area contributed by atoms with Gasteiger partial charge >= 0.3 is 0 Å². The molecule has 1 fully saturated rings. The second-order valence-corrected chi connectivity index (χ2v) is 7.20.